The van der Waals surface area contributed by atoms with E-state index in [1.807, 2.05) is 61.5 Å². The molecule has 1 aliphatic carbocycles. The number of hydrogen-bond acceptors (Lipinski definition) is 4. The van der Waals surface area contributed by atoms with E-state index in [1.54, 1.807) is 11.0 Å². The standard InChI is InChI=1S/C32H30ClN3O3/c1-20-12-13-22(18-26(20)33)21-7-5-8-23(17-21)28(37)30(39)36-16-6-11-27-25(19-36)29(38)35-31(34-27)32(14-15-32)24-9-3-2-4-10-24/h2-5,7-10,12-13,17-18,28,37H,6,11,14-16,19H2,1H3,(H,34,35,38)/t28-/m1/s1. The number of aromatic nitrogens is 2. The Kier molecular flexibility index (Phi) is 6.61. The molecule has 2 N–H and O–H groups in total. The van der Waals surface area contributed by atoms with Crippen molar-refractivity contribution in [2.45, 2.75) is 50.7 Å². The SMILES string of the molecule is Cc1ccc(-c2cccc([C@@H](O)C(=O)N3CCCc4nc(C5(c6ccccc6)CC5)[nH]c(=O)c4C3)c2)cc1Cl. The third kappa shape index (κ3) is 4.79. The molecule has 3 aromatic carbocycles. The molecule has 0 bridgehead atoms. The third-order valence-electron chi connectivity index (χ3n) is 8.07. The molecule has 1 saturated carbocycles. The highest BCUT2D eigenvalue weighted by atomic mass is 35.5. The monoisotopic (exact) mass is 539 g/mol. The number of aliphatic hydroxyl groups is 1. The van der Waals surface area contributed by atoms with Gasteiger partial charge in [0.25, 0.3) is 11.5 Å². The van der Waals surface area contributed by atoms with Gasteiger partial charge in [0.2, 0.25) is 0 Å². The number of aromatic amines is 1. The molecule has 7 heteroatoms. The number of nitrogens with zero attached hydrogens (tertiary/aromatic N) is 2. The van der Waals surface area contributed by atoms with E-state index < -0.39 is 12.0 Å². The fraction of sp³-hybridized carbons (Fsp3) is 0.281. The maximum atomic E-state index is 13.5. The van der Waals surface area contributed by atoms with Gasteiger partial charge in [-0.25, -0.2) is 4.98 Å². The third-order valence-corrected chi connectivity index (χ3v) is 8.48. The van der Waals surface area contributed by atoms with Crippen LogP contribution in [0.15, 0.2) is 77.6 Å². The maximum absolute atomic E-state index is 13.5. The lowest BCUT2D eigenvalue weighted by molar-refractivity contribution is -0.141. The molecule has 39 heavy (non-hydrogen) atoms. The van der Waals surface area contributed by atoms with Crippen LogP contribution in [0, 0.1) is 6.92 Å². The normalized spacial score (nSPS) is 16.7. The van der Waals surface area contributed by atoms with E-state index in [2.05, 4.69) is 17.1 Å². The van der Waals surface area contributed by atoms with Crippen molar-refractivity contribution >= 4 is 17.5 Å². The van der Waals surface area contributed by atoms with Gasteiger partial charge in [-0.15, -0.1) is 0 Å². The Labute approximate surface area is 232 Å². The Hall–Kier alpha value is -3.74. The number of aliphatic hydroxyl groups excluding tert-OH is 1. The molecule has 1 aliphatic heterocycles. The smallest absolute Gasteiger partial charge is 0.256 e. The van der Waals surface area contributed by atoms with Gasteiger partial charge in [-0.1, -0.05) is 72.3 Å². The zero-order valence-corrected chi connectivity index (χ0v) is 22.5. The van der Waals surface area contributed by atoms with Gasteiger partial charge < -0.3 is 15.0 Å². The van der Waals surface area contributed by atoms with E-state index in [0.717, 1.165) is 40.8 Å². The summed E-state index contributed by atoms with van der Waals surface area (Å²) in [6.45, 7) is 2.51. The summed E-state index contributed by atoms with van der Waals surface area (Å²) in [5.41, 5.74) is 5.23. The molecule has 6 rings (SSSR count). The largest absolute Gasteiger partial charge is 0.378 e. The summed E-state index contributed by atoms with van der Waals surface area (Å²) in [4.78, 5) is 36.3. The van der Waals surface area contributed by atoms with Crippen LogP contribution in [0.1, 0.15) is 59.1 Å². The lowest BCUT2D eigenvalue weighted by Gasteiger charge is -2.24. The van der Waals surface area contributed by atoms with Crippen molar-refractivity contribution in [2.75, 3.05) is 6.54 Å². The molecule has 1 amide bonds. The summed E-state index contributed by atoms with van der Waals surface area (Å²) in [7, 11) is 0. The average molecular weight is 540 g/mol. The Morgan fingerprint density at radius 2 is 1.82 bits per heavy atom. The van der Waals surface area contributed by atoms with Gasteiger partial charge in [0.05, 0.1) is 23.2 Å². The lowest BCUT2D eigenvalue weighted by Crippen LogP contribution is -2.36. The van der Waals surface area contributed by atoms with E-state index >= 15 is 0 Å². The molecular weight excluding hydrogens is 510 g/mol. The number of hydrogen-bond donors (Lipinski definition) is 2. The van der Waals surface area contributed by atoms with Crippen LogP contribution in [0.3, 0.4) is 0 Å². The predicted molar refractivity (Wildman–Crippen MR) is 152 cm³/mol. The molecule has 4 aromatic rings. The van der Waals surface area contributed by atoms with Crippen molar-refractivity contribution in [3.05, 3.63) is 122 Å². The Balaban J connectivity index is 1.25. The number of benzene rings is 3. The van der Waals surface area contributed by atoms with E-state index in [1.165, 1.54) is 0 Å². The van der Waals surface area contributed by atoms with Crippen molar-refractivity contribution in [1.29, 1.82) is 0 Å². The number of H-pyrrole nitrogens is 1. The van der Waals surface area contributed by atoms with Crippen LogP contribution >= 0.6 is 11.6 Å². The topological polar surface area (TPSA) is 86.3 Å². The summed E-state index contributed by atoms with van der Waals surface area (Å²) in [6.07, 6.45) is 1.83. The van der Waals surface area contributed by atoms with E-state index in [-0.39, 0.29) is 17.5 Å². The first-order chi connectivity index (χ1) is 18.9. The minimum absolute atomic E-state index is 0.124. The van der Waals surface area contributed by atoms with Crippen LogP contribution in [-0.2, 0) is 23.2 Å². The van der Waals surface area contributed by atoms with Crippen LogP contribution in [-0.4, -0.2) is 32.4 Å². The predicted octanol–water partition coefficient (Wildman–Crippen LogP) is 5.49. The highest BCUT2D eigenvalue weighted by Gasteiger charge is 2.48. The molecule has 1 atom stereocenters. The molecule has 2 aliphatic rings. The molecule has 0 radical (unpaired) electrons. The summed E-state index contributed by atoms with van der Waals surface area (Å²) in [5.74, 6) is 0.290. The maximum Gasteiger partial charge on any atom is 0.256 e. The summed E-state index contributed by atoms with van der Waals surface area (Å²) < 4.78 is 0. The summed E-state index contributed by atoms with van der Waals surface area (Å²) in [6, 6.07) is 23.3. The highest BCUT2D eigenvalue weighted by molar-refractivity contribution is 6.31. The molecule has 0 spiro atoms. The minimum Gasteiger partial charge on any atom is -0.378 e. The second kappa shape index (κ2) is 10.1. The van der Waals surface area contributed by atoms with Gasteiger partial charge in [0, 0.05) is 11.6 Å². The van der Waals surface area contributed by atoms with Gasteiger partial charge in [0.15, 0.2) is 6.10 Å². The summed E-state index contributed by atoms with van der Waals surface area (Å²) in [5, 5.41) is 11.7. The van der Waals surface area contributed by atoms with Crippen LogP contribution in [0.25, 0.3) is 11.1 Å². The molecule has 2 heterocycles. The number of aryl methyl sites for hydroxylation is 2. The Bertz CT molecular complexity index is 1610. The van der Waals surface area contributed by atoms with Crippen LogP contribution in [0.2, 0.25) is 5.02 Å². The number of carbonyl (C=O) groups is 1. The molecule has 1 aromatic heterocycles. The fourth-order valence-electron chi connectivity index (χ4n) is 5.56. The molecule has 1 fully saturated rings. The van der Waals surface area contributed by atoms with Crippen LogP contribution in [0.4, 0.5) is 0 Å². The van der Waals surface area contributed by atoms with Gasteiger partial charge in [-0.2, -0.15) is 0 Å². The minimum atomic E-state index is -1.34. The first-order valence-electron chi connectivity index (χ1n) is 13.4. The van der Waals surface area contributed by atoms with E-state index in [0.29, 0.717) is 41.4 Å². The second-order valence-electron chi connectivity index (χ2n) is 10.6. The zero-order valence-electron chi connectivity index (χ0n) is 21.8. The van der Waals surface area contributed by atoms with Gasteiger partial charge in [-0.3, -0.25) is 9.59 Å². The first-order valence-corrected chi connectivity index (χ1v) is 13.7. The first kappa shape index (κ1) is 25.5. The fourth-order valence-corrected chi connectivity index (χ4v) is 5.74. The van der Waals surface area contributed by atoms with Gasteiger partial charge in [-0.05, 0) is 72.6 Å². The average Bonchev–Trinajstić information content (AvgIpc) is 3.79. The number of nitrogens with one attached hydrogen (secondary N) is 1. The number of amides is 1. The number of carbonyl (C=O) groups excluding carboxylic acids is 1. The molecule has 0 saturated heterocycles. The number of halogens is 1. The molecular formula is C32H30ClN3O3. The second-order valence-corrected chi connectivity index (χ2v) is 11.1. The van der Waals surface area contributed by atoms with E-state index in [4.69, 9.17) is 16.6 Å². The molecule has 6 nitrogen and oxygen atoms in total. The van der Waals surface area contributed by atoms with Crippen molar-refractivity contribution in [2.24, 2.45) is 0 Å². The number of rotatable bonds is 5. The summed E-state index contributed by atoms with van der Waals surface area (Å²) >= 11 is 6.31. The lowest BCUT2D eigenvalue weighted by atomic mass is 9.94. The molecule has 0 unspecified atom stereocenters. The van der Waals surface area contributed by atoms with Gasteiger partial charge >= 0.3 is 0 Å². The quantitative estimate of drug-likeness (QED) is 0.351. The van der Waals surface area contributed by atoms with E-state index in [9.17, 15) is 14.7 Å². The number of fused-ring (bicyclic) bond motifs is 1. The Morgan fingerprint density at radius 1 is 1.05 bits per heavy atom. The van der Waals surface area contributed by atoms with Crippen molar-refractivity contribution in [1.82, 2.24) is 14.9 Å². The van der Waals surface area contributed by atoms with Crippen molar-refractivity contribution in [3.8, 4) is 11.1 Å². The molecule has 198 valence electrons. The van der Waals surface area contributed by atoms with Crippen molar-refractivity contribution in [3.63, 3.8) is 0 Å². The van der Waals surface area contributed by atoms with Gasteiger partial charge in [0.1, 0.15) is 5.82 Å². The highest BCUT2D eigenvalue weighted by Crippen LogP contribution is 2.52. The van der Waals surface area contributed by atoms with Crippen LogP contribution in [0.5, 0.6) is 0 Å². The van der Waals surface area contributed by atoms with Crippen LogP contribution < -0.4 is 5.56 Å². The zero-order chi connectivity index (χ0) is 27.1. The Morgan fingerprint density at radius 3 is 2.56 bits per heavy atom. The van der Waals surface area contributed by atoms with Crippen molar-refractivity contribution < 1.29 is 9.90 Å².